The number of anilines is 1. The lowest BCUT2D eigenvalue weighted by Gasteiger charge is -2.44. The lowest BCUT2D eigenvalue weighted by Crippen LogP contribution is -2.48. The van der Waals surface area contributed by atoms with Crippen LogP contribution >= 0.6 is 0 Å². The highest BCUT2D eigenvalue weighted by molar-refractivity contribution is 5.88. The number of nitrogens with zero attached hydrogens (tertiary/aromatic N) is 1. The third kappa shape index (κ3) is 3.07. The average Bonchev–Trinajstić information content (AvgIpc) is 2.64. The van der Waals surface area contributed by atoms with Gasteiger partial charge in [-0.15, -0.1) is 0 Å². The SMILES string of the molecule is COc1ccc(CN2CCC3(CC2)OC(=O)Nc2ccccc23)cc1. The second-order valence-electron chi connectivity index (χ2n) is 6.68. The molecule has 0 atom stereocenters. The normalized spacial score (nSPS) is 19.0. The quantitative estimate of drug-likeness (QED) is 0.926. The highest BCUT2D eigenvalue weighted by Gasteiger charge is 2.44. The summed E-state index contributed by atoms with van der Waals surface area (Å²) in [6.07, 6.45) is 1.28. The minimum Gasteiger partial charge on any atom is -0.497 e. The number of nitrogens with one attached hydrogen (secondary N) is 1. The van der Waals surface area contributed by atoms with Crippen LogP contribution < -0.4 is 10.1 Å². The molecule has 1 fully saturated rings. The van der Waals surface area contributed by atoms with E-state index in [0.717, 1.165) is 49.5 Å². The molecule has 2 heterocycles. The number of carbonyl (C=O) groups is 1. The minimum absolute atomic E-state index is 0.345. The molecule has 2 aromatic carbocycles. The number of rotatable bonds is 3. The van der Waals surface area contributed by atoms with Crippen LogP contribution in [0.5, 0.6) is 5.75 Å². The first-order valence-corrected chi connectivity index (χ1v) is 8.63. The second-order valence-corrected chi connectivity index (χ2v) is 6.68. The van der Waals surface area contributed by atoms with Gasteiger partial charge in [0.05, 0.1) is 12.8 Å². The summed E-state index contributed by atoms with van der Waals surface area (Å²) in [5.41, 5.74) is 2.75. The second kappa shape index (κ2) is 6.41. The van der Waals surface area contributed by atoms with E-state index in [2.05, 4.69) is 28.4 Å². The summed E-state index contributed by atoms with van der Waals surface area (Å²) in [6.45, 7) is 2.69. The zero-order valence-electron chi connectivity index (χ0n) is 14.3. The van der Waals surface area contributed by atoms with Crippen molar-refractivity contribution >= 4 is 11.8 Å². The van der Waals surface area contributed by atoms with Crippen molar-refractivity contribution in [3.63, 3.8) is 0 Å². The van der Waals surface area contributed by atoms with Crippen LogP contribution in [0.4, 0.5) is 10.5 Å². The van der Waals surface area contributed by atoms with Gasteiger partial charge in [-0.3, -0.25) is 10.2 Å². The summed E-state index contributed by atoms with van der Waals surface area (Å²) >= 11 is 0. The van der Waals surface area contributed by atoms with E-state index in [4.69, 9.17) is 9.47 Å². The largest absolute Gasteiger partial charge is 0.497 e. The summed E-state index contributed by atoms with van der Waals surface area (Å²) in [5.74, 6) is 0.875. The Morgan fingerprint density at radius 1 is 1.12 bits per heavy atom. The summed E-state index contributed by atoms with van der Waals surface area (Å²) in [5, 5.41) is 2.81. The van der Waals surface area contributed by atoms with E-state index in [1.165, 1.54) is 5.56 Å². The molecule has 2 aliphatic heterocycles. The van der Waals surface area contributed by atoms with Crippen LogP contribution in [-0.2, 0) is 16.9 Å². The van der Waals surface area contributed by atoms with Gasteiger partial charge in [0.2, 0.25) is 0 Å². The number of amides is 1. The first-order valence-electron chi connectivity index (χ1n) is 8.63. The van der Waals surface area contributed by atoms with Crippen LogP contribution in [0.25, 0.3) is 0 Å². The number of ether oxygens (including phenoxy) is 2. The number of hydrogen-bond acceptors (Lipinski definition) is 4. The van der Waals surface area contributed by atoms with Crippen LogP contribution in [0.2, 0.25) is 0 Å². The molecule has 0 saturated carbocycles. The molecule has 2 aliphatic rings. The molecule has 25 heavy (non-hydrogen) atoms. The van der Waals surface area contributed by atoms with Gasteiger partial charge in [-0.05, 0) is 23.8 Å². The Hall–Kier alpha value is -2.53. The Labute approximate surface area is 147 Å². The smallest absolute Gasteiger partial charge is 0.412 e. The number of fused-ring (bicyclic) bond motifs is 2. The molecule has 1 saturated heterocycles. The lowest BCUT2D eigenvalue weighted by molar-refractivity contribution is -0.0393. The van der Waals surface area contributed by atoms with E-state index >= 15 is 0 Å². The molecule has 0 unspecified atom stereocenters. The highest BCUT2D eigenvalue weighted by atomic mass is 16.6. The predicted molar refractivity (Wildman–Crippen MR) is 95.7 cm³/mol. The Balaban J connectivity index is 1.47. The van der Waals surface area contributed by atoms with E-state index in [9.17, 15) is 4.79 Å². The van der Waals surface area contributed by atoms with Gasteiger partial charge in [0.15, 0.2) is 0 Å². The van der Waals surface area contributed by atoms with Crippen LogP contribution in [0, 0.1) is 0 Å². The first-order chi connectivity index (χ1) is 12.2. The van der Waals surface area contributed by atoms with E-state index in [1.54, 1.807) is 7.11 Å². The standard InChI is InChI=1S/C20H22N2O3/c1-24-16-8-6-15(7-9-16)14-22-12-10-20(11-13-22)17-4-2-3-5-18(17)21-19(23)25-20/h2-9H,10-14H2,1H3,(H,21,23). The summed E-state index contributed by atoms with van der Waals surface area (Å²) in [4.78, 5) is 14.4. The fourth-order valence-electron chi connectivity index (χ4n) is 3.79. The summed E-state index contributed by atoms with van der Waals surface area (Å²) in [7, 11) is 1.68. The number of benzene rings is 2. The van der Waals surface area contributed by atoms with E-state index in [1.807, 2.05) is 30.3 Å². The van der Waals surface area contributed by atoms with Gasteiger partial charge in [-0.1, -0.05) is 30.3 Å². The van der Waals surface area contributed by atoms with Crippen LogP contribution in [0.3, 0.4) is 0 Å². The van der Waals surface area contributed by atoms with Gasteiger partial charge in [0, 0.05) is 38.0 Å². The fourth-order valence-corrected chi connectivity index (χ4v) is 3.79. The predicted octanol–water partition coefficient (Wildman–Crippen LogP) is 3.75. The Morgan fingerprint density at radius 2 is 1.84 bits per heavy atom. The lowest BCUT2D eigenvalue weighted by atomic mass is 9.82. The van der Waals surface area contributed by atoms with Crippen LogP contribution in [0.15, 0.2) is 48.5 Å². The Morgan fingerprint density at radius 3 is 2.56 bits per heavy atom. The van der Waals surface area contributed by atoms with Gasteiger partial charge >= 0.3 is 6.09 Å². The number of hydrogen-bond donors (Lipinski definition) is 1. The van der Waals surface area contributed by atoms with Gasteiger partial charge in [-0.2, -0.15) is 0 Å². The molecular weight excluding hydrogens is 316 g/mol. The van der Waals surface area contributed by atoms with Gasteiger partial charge in [-0.25, -0.2) is 4.79 Å². The van der Waals surface area contributed by atoms with Crippen molar-refractivity contribution in [2.45, 2.75) is 25.0 Å². The van der Waals surface area contributed by atoms with E-state index in [-0.39, 0.29) is 6.09 Å². The van der Waals surface area contributed by atoms with Gasteiger partial charge in [0.25, 0.3) is 0 Å². The molecule has 1 N–H and O–H groups in total. The van der Waals surface area contributed by atoms with Crippen molar-refractivity contribution in [2.75, 3.05) is 25.5 Å². The molecule has 1 spiro atoms. The molecule has 0 aliphatic carbocycles. The third-order valence-corrected chi connectivity index (χ3v) is 5.17. The Kier molecular flexibility index (Phi) is 4.09. The molecule has 0 bridgehead atoms. The highest BCUT2D eigenvalue weighted by Crippen LogP contribution is 2.43. The topological polar surface area (TPSA) is 50.8 Å². The maximum atomic E-state index is 12.0. The molecular formula is C20H22N2O3. The minimum atomic E-state index is -0.491. The molecule has 2 aromatic rings. The molecule has 0 aromatic heterocycles. The molecule has 5 heteroatoms. The fraction of sp³-hybridized carbons (Fsp3) is 0.350. The van der Waals surface area contributed by atoms with Crippen molar-refractivity contribution in [1.82, 2.24) is 4.90 Å². The maximum Gasteiger partial charge on any atom is 0.412 e. The molecule has 5 nitrogen and oxygen atoms in total. The number of likely N-dealkylation sites (tertiary alicyclic amines) is 1. The Bertz CT molecular complexity index is 765. The number of methoxy groups -OCH3 is 1. The van der Waals surface area contributed by atoms with Gasteiger partial charge < -0.3 is 9.47 Å². The van der Waals surface area contributed by atoms with Crippen molar-refractivity contribution in [3.05, 3.63) is 59.7 Å². The molecule has 130 valence electrons. The molecule has 1 amide bonds. The average molecular weight is 338 g/mol. The van der Waals surface area contributed by atoms with E-state index < -0.39 is 5.60 Å². The van der Waals surface area contributed by atoms with Crippen LogP contribution in [0.1, 0.15) is 24.0 Å². The zero-order chi connectivity index (χ0) is 17.3. The molecule has 0 radical (unpaired) electrons. The van der Waals surface area contributed by atoms with Crippen LogP contribution in [-0.4, -0.2) is 31.2 Å². The number of piperidine rings is 1. The maximum absolute atomic E-state index is 12.0. The van der Waals surface area contributed by atoms with Gasteiger partial charge in [0.1, 0.15) is 11.4 Å². The molecule has 4 rings (SSSR count). The number of carbonyl (C=O) groups excluding carboxylic acids is 1. The first kappa shape index (κ1) is 16.0. The number of para-hydroxylation sites is 1. The zero-order valence-corrected chi connectivity index (χ0v) is 14.3. The summed E-state index contributed by atoms with van der Waals surface area (Å²) in [6, 6.07) is 16.1. The monoisotopic (exact) mass is 338 g/mol. The van der Waals surface area contributed by atoms with Crippen molar-refractivity contribution < 1.29 is 14.3 Å². The van der Waals surface area contributed by atoms with Crippen molar-refractivity contribution in [3.8, 4) is 5.75 Å². The summed E-state index contributed by atoms with van der Waals surface area (Å²) < 4.78 is 11.0. The van der Waals surface area contributed by atoms with E-state index in [0.29, 0.717) is 0 Å². The van der Waals surface area contributed by atoms with Crippen molar-refractivity contribution in [1.29, 1.82) is 0 Å². The third-order valence-electron chi connectivity index (χ3n) is 5.17. The van der Waals surface area contributed by atoms with Crippen molar-refractivity contribution in [2.24, 2.45) is 0 Å².